The first-order valence-electron chi connectivity index (χ1n) is 3.56. The van der Waals surface area contributed by atoms with Gasteiger partial charge < -0.3 is 10.5 Å². The number of hydrogen-bond acceptors (Lipinski definition) is 2. The van der Waals surface area contributed by atoms with Crippen LogP contribution < -0.4 is 5.73 Å². The van der Waals surface area contributed by atoms with Crippen molar-refractivity contribution in [2.75, 3.05) is 7.11 Å². The first kappa shape index (κ1) is 8.08. The first-order valence-corrected chi connectivity index (χ1v) is 3.56. The second-order valence-corrected chi connectivity index (χ2v) is 2.75. The van der Waals surface area contributed by atoms with E-state index in [0.29, 0.717) is 0 Å². The molecule has 0 saturated heterocycles. The second-order valence-electron chi connectivity index (χ2n) is 2.75. The third kappa shape index (κ3) is 1.95. The minimum absolute atomic E-state index is 0.308. The van der Waals surface area contributed by atoms with Crippen LogP contribution in [0.15, 0.2) is 36.1 Å². The molecular formula is C9H13NO. The lowest BCUT2D eigenvalue weighted by atomic mass is 10.1. The van der Waals surface area contributed by atoms with E-state index in [9.17, 15) is 0 Å². The highest BCUT2D eigenvalue weighted by atomic mass is 16.5. The summed E-state index contributed by atoms with van der Waals surface area (Å²) >= 11 is 0. The number of rotatable bonds is 1. The van der Waals surface area contributed by atoms with Gasteiger partial charge in [-0.3, -0.25) is 0 Å². The van der Waals surface area contributed by atoms with Crippen molar-refractivity contribution in [3.8, 4) is 0 Å². The maximum absolute atomic E-state index is 5.58. The van der Waals surface area contributed by atoms with Gasteiger partial charge in [-0.1, -0.05) is 6.08 Å². The lowest BCUT2D eigenvalue weighted by Crippen LogP contribution is -2.20. The van der Waals surface area contributed by atoms with E-state index in [-0.39, 0.29) is 5.60 Å². The predicted molar refractivity (Wildman–Crippen MR) is 46.0 cm³/mol. The first-order chi connectivity index (χ1) is 5.16. The molecule has 0 aromatic heterocycles. The summed E-state index contributed by atoms with van der Waals surface area (Å²) in [5.41, 5.74) is 6.02. The Morgan fingerprint density at radius 2 is 2.18 bits per heavy atom. The number of nitrogens with two attached hydrogens (primary N) is 1. The molecule has 0 aromatic rings. The van der Waals surface area contributed by atoms with Crippen LogP contribution in [0.2, 0.25) is 0 Å². The maximum Gasteiger partial charge on any atom is 0.102 e. The Morgan fingerprint density at radius 1 is 1.45 bits per heavy atom. The van der Waals surface area contributed by atoms with Gasteiger partial charge in [0.2, 0.25) is 0 Å². The van der Waals surface area contributed by atoms with Crippen LogP contribution in [0, 0.1) is 0 Å². The summed E-state index contributed by atoms with van der Waals surface area (Å²) in [7, 11) is 1.68. The van der Waals surface area contributed by atoms with Crippen LogP contribution in [0.5, 0.6) is 0 Å². The van der Waals surface area contributed by atoms with Crippen molar-refractivity contribution in [1.29, 1.82) is 0 Å². The molecule has 0 fully saturated rings. The number of ether oxygens (including phenoxy) is 1. The lowest BCUT2D eigenvalue weighted by Gasteiger charge is -2.18. The van der Waals surface area contributed by atoms with Gasteiger partial charge in [0.15, 0.2) is 0 Å². The lowest BCUT2D eigenvalue weighted by molar-refractivity contribution is 0.0908. The van der Waals surface area contributed by atoms with Gasteiger partial charge in [-0.25, -0.2) is 0 Å². The number of allylic oxidation sites excluding steroid dienone is 3. The van der Waals surface area contributed by atoms with Crippen molar-refractivity contribution in [1.82, 2.24) is 0 Å². The molecule has 2 N–H and O–H groups in total. The maximum atomic E-state index is 5.58. The molecule has 2 heteroatoms. The molecule has 1 unspecified atom stereocenters. The van der Waals surface area contributed by atoms with Crippen LogP contribution in [0.3, 0.4) is 0 Å². The van der Waals surface area contributed by atoms with Gasteiger partial charge in [0.1, 0.15) is 5.60 Å². The summed E-state index contributed by atoms with van der Waals surface area (Å²) in [5, 5.41) is 0. The molecule has 0 heterocycles. The molecule has 0 spiro atoms. The van der Waals surface area contributed by atoms with Crippen molar-refractivity contribution in [3.63, 3.8) is 0 Å². The molecule has 11 heavy (non-hydrogen) atoms. The molecule has 0 bridgehead atoms. The number of methoxy groups -OCH3 is 1. The molecule has 1 aliphatic carbocycles. The zero-order chi connectivity index (χ0) is 8.32. The molecule has 0 radical (unpaired) electrons. The summed E-state index contributed by atoms with van der Waals surface area (Å²) in [5.74, 6) is 0. The summed E-state index contributed by atoms with van der Waals surface area (Å²) in [6.45, 7) is 1.98. The fourth-order valence-electron chi connectivity index (χ4n) is 0.859. The van der Waals surface area contributed by atoms with Crippen LogP contribution in [0.25, 0.3) is 0 Å². The smallest absolute Gasteiger partial charge is 0.102 e. The Bertz CT molecular complexity index is 228. The van der Waals surface area contributed by atoms with Crippen LogP contribution in [-0.2, 0) is 4.74 Å². The molecule has 0 aliphatic heterocycles. The van der Waals surface area contributed by atoms with Crippen LogP contribution in [0.1, 0.15) is 6.92 Å². The fraction of sp³-hybridized carbons (Fsp3) is 0.333. The highest BCUT2D eigenvalue weighted by Gasteiger charge is 2.15. The average Bonchev–Trinajstić information content (AvgIpc) is 2.15. The molecule has 0 aromatic carbocycles. The van der Waals surface area contributed by atoms with E-state index in [1.165, 1.54) is 0 Å². The van der Waals surface area contributed by atoms with Crippen LogP contribution in [0.4, 0.5) is 0 Å². The van der Waals surface area contributed by atoms with E-state index in [1.54, 1.807) is 7.11 Å². The summed E-state index contributed by atoms with van der Waals surface area (Å²) in [6, 6.07) is 0. The van der Waals surface area contributed by atoms with E-state index < -0.39 is 0 Å². The fourth-order valence-corrected chi connectivity index (χ4v) is 0.859. The van der Waals surface area contributed by atoms with E-state index in [1.807, 2.05) is 37.3 Å². The Balaban J connectivity index is 2.86. The molecule has 1 rings (SSSR count). The minimum Gasteiger partial charge on any atom is -0.399 e. The van der Waals surface area contributed by atoms with E-state index in [4.69, 9.17) is 10.5 Å². The normalized spacial score (nSPS) is 29.8. The molecule has 0 saturated carbocycles. The van der Waals surface area contributed by atoms with Gasteiger partial charge in [0.25, 0.3) is 0 Å². The Kier molecular flexibility index (Phi) is 2.15. The van der Waals surface area contributed by atoms with Crippen LogP contribution >= 0.6 is 0 Å². The quantitative estimate of drug-likeness (QED) is 0.614. The van der Waals surface area contributed by atoms with Gasteiger partial charge in [-0.2, -0.15) is 0 Å². The van der Waals surface area contributed by atoms with Crippen LogP contribution in [-0.4, -0.2) is 12.7 Å². The number of hydrogen-bond donors (Lipinski definition) is 1. The molecule has 60 valence electrons. The molecule has 2 nitrogen and oxygen atoms in total. The van der Waals surface area contributed by atoms with Gasteiger partial charge in [0, 0.05) is 12.8 Å². The zero-order valence-electron chi connectivity index (χ0n) is 6.87. The third-order valence-electron chi connectivity index (χ3n) is 1.76. The Hall–Kier alpha value is -1.02. The molecular weight excluding hydrogens is 138 g/mol. The van der Waals surface area contributed by atoms with Crippen molar-refractivity contribution < 1.29 is 4.74 Å². The highest BCUT2D eigenvalue weighted by Crippen LogP contribution is 2.16. The van der Waals surface area contributed by atoms with E-state index in [2.05, 4.69) is 0 Å². The second kappa shape index (κ2) is 2.93. The van der Waals surface area contributed by atoms with Gasteiger partial charge >= 0.3 is 0 Å². The topological polar surface area (TPSA) is 35.2 Å². The summed E-state index contributed by atoms with van der Waals surface area (Å²) in [6.07, 6.45) is 9.49. The Morgan fingerprint density at radius 3 is 2.82 bits per heavy atom. The zero-order valence-corrected chi connectivity index (χ0v) is 6.87. The van der Waals surface area contributed by atoms with Crippen molar-refractivity contribution >= 4 is 0 Å². The largest absolute Gasteiger partial charge is 0.399 e. The van der Waals surface area contributed by atoms with Crippen molar-refractivity contribution in [2.24, 2.45) is 5.73 Å². The molecule has 0 amide bonds. The SMILES string of the molecule is COC1(C)C=CC=C(N)C=C1. The highest BCUT2D eigenvalue weighted by molar-refractivity contribution is 5.30. The minimum atomic E-state index is -0.308. The van der Waals surface area contributed by atoms with E-state index in [0.717, 1.165) is 5.70 Å². The molecule has 1 atom stereocenters. The van der Waals surface area contributed by atoms with Crippen molar-refractivity contribution in [2.45, 2.75) is 12.5 Å². The van der Waals surface area contributed by atoms with E-state index >= 15 is 0 Å². The standard InChI is InChI=1S/C9H13NO/c1-9(11-2)6-3-4-8(10)5-7-9/h3-7H,10H2,1-2H3. The molecule has 1 aliphatic rings. The third-order valence-corrected chi connectivity index (χ3v) is 1.76. The monoisotopic (exact) mass is 151 g/mol. The van der Waals surface area contributed by atoms with Crippen molar-refractivity contribution in [3.05, 3.63) is 36.1 Å². The predicted octanol–water partition coefficient (Wildman–Crippen LogP) is 1.36. The van der Waals surface area contributed by atoms with Gasteiger partial charge in [-0.15, -0.1) is 0 Å². The van der Waals surface area contributed by atoms with Gasteiger partial charge in [0.05, 0.1) is 0 Å². The average molecular weight is 151 g/mol. The van der Waals surface area contributed by atoms with Gasteiger partial charge in [-0.05, 0) is 31.2 Å². The summed E-state index contributed by atoms with van der Waals surface area (Å²) in [4.78, 5) is 0. The Labute approximate surface area is 67.0 Å². The summed E-state index contributed by atoms with van der Waals surface area (Å²) < 4.78 is 5.24.